The van der Waals surface area contributed by atoms with Gasteiger partial charge < -0.3 is 0 Å². The van der Waals surface area contributed by atoms with Gasteiger partial charge in [-0.3, -0.25) is 10.1 Å². The average molecular weight is 218 g/mol. The SMILES string of the molecule is CCc1c(Cl)ccc([N+](=O)[O-])c1S. The van der Waals surface area contributed by atoms with Crippen LogP contribution in [0.4, 0.5) is 5.69 Å². The van der Waals surface area contributed by atoms with E-state index in [0.717, 1.165) is 5.56 Å². The number of nitro benzene ring substituents is 1. The molecule has 5 heteroatoms. The fraction of sp³-hybridized carbons (Fsp3) is 0.250. The van der Waals surface area contributed by atoms with Crippen LogP contribution in [0.2, 0.25) is 5.02 Å². The standard InChI is InChI=1S/C8H8ClNO2S/c1-2-5-6(9)3-4-7(8(5)13)10(11)12/h3-4,13H,2H2,1H3. The van der Waals surface area contributed by atoms with Crippen LogP contribution < -0.4 is 0 Å². The second-order valence-electron chi connectivity index (χ2n) is 2.50. The van der Waals surface area contributed by atoms with E-state index in [0.29, 0.717) is 16.3 Å². The van der Waals surface area contributed by atoms with Crippen molar-refractivity contribution in [3.05, 3.63) is 32.8 Å². The third kappa shape index (κ3) is 1.95. The molecular weight excluding hydrogens is 210 g/mol. The summed E-state index contributed by atoms with van der Waals surface area (Å²) in [5, 5.41) is 11.0. The van der Waals surface area contributed by atoms with Crippen LogP contribution in [0, 0.1) is 10.1 Å². The smallest absolute Gasteiger partial charge is 0.258 e. The highest BCUT2D eigenvalue weighted by molar-refractivity contribution is 7.80. The minimum absolute atomic E-state index is 0.00424. The van der Waals surface area contributed by atoms with Gasteiger partial charge in [-0.05, 0) is 18.1 Å². The van der Waals surface area contributed by atoms with E-state index in [-0.39, 0.29) is 5.69 Å². The molecule has 0 atom stereocenters. The molecule has 0 fully saturated rings. The number of thiol groups is 1. The maximum atomic E-state index is 10.5. The van der Waals surface area contributed by atoms with E-state index in [1.807, 2.05) is 6.92 Å². The van der Waals surface area contributed by atoms with Crippen molar-refractivity contribution >= 4 is 29.9 Å². The fourth-order valence-electron chi connectivity index (χ4n) is 1.08. The summed E-state index contributed by atoms with van der Waals surface area (Å²) in [6, 6.07) is 2.89. The molecule has 0 aromatic heterocycles. The van der Waals surface area contributed by atoms with Gasteiger partial charge in [0.1, 0.15) is 0 Å². The first-order valence-electron chi connectivity index (χ1n) is 3.72. The zero-order chi connectivity index (χ0) is 10.0. The van der Waals surface area contributed by atoms with Gasteiger partial charge in [0.25, 0.3) is 5.69 Å². The van der Waals surface area contributed by atoms with Crippen molar-refractivity contribution in [3.63, 3.8) is 0 Å². The maximum absolute atomic E-state index is 10.5. The first-order valence-corrected chi connectivity index (χ1v) is 4.55. The molecule has 0 N–H and O–H groups in total. The molecule has 0 aliphatic rings. The Morgan fingerprint density at radius 1 is 1.62 bits per heavy atom. The van der Waals surface area contributed by atoms with Crippen molar-refractivity contribution in [1.29, 1.82) is 0 Å². The summed E-state index contributed by atoms with van der Waals surface area (Å²) in [5.74, 6) is 0. The summed E-state index contributed by atoms with van der Waals surface area (Å²) in [6.45, 7) is 1.88. The van der Waals surface area contributed by atoms with E-state index in [2.05, 4.69) is 12.6 Å². The van der Waals surface area contributed by atoms with Gasteiger partial charge in [0.2, 0.25) is 0 Å². The van der Waals surface area contributed by atoms with Gasteiger partial charge in [-0.25, -0.2) is 0 Å². The molecule has 70 valence electrons. The summed E-state index contributed by atoms with van der Waals surface area (Å²) in [5.41, 5.74) is 0.726. The summed E-state index contributed by atoms with van der Waals surface area (Å²) in [6.07, 6.45) is 0.638. The van der Waals surface area contributed by atoms with E-state index >= 15 is 0 Å². The van der Waals surface area contributed by atoms with Gasteiger partial charge >= 0.3 is 0 Å². The molecule has 0 heterocycles. The molecule has 1 rings (SSSR count). The number of benzene rings is 1. The van der Waals surface area contributed by atoms with Crippen molar-refractivity contribution in [3.8, 4) is 0 Å². The maximum Gasteiger partial charge on any atom is 0.282 e. The second-order valence-corrected chi connectivity index (χ2v) is 3.36. The van der Waals surface area contributed by atoms with Crippen LogP contribution in [0.5, 0.6) is 0 Å². The predicted molar refractivity (Wildman–Crippen MR) is 54.7 cm³/mol. The Morgan fingerprint density at radius 3 is 2.69 bits per heavy atom. The van der Waals surface area contributed by atoms with Crippen LogP contribution >= 0.6 is 24.2 Å². The molecule has 0 unspecified atom stereocenters. The normalized spacial score (nSPS) is 10.1. The lowest BCUT2D eigenvalue weighted by molar-refractivity contribution is -0.387. The quantitative estimate of drug-likeness (QED) is 0.470. The number of hydrogen-bond donors (Lipinski definition) is 1. The monoisotopic (exact) mass is 217 g/mol. The fourth-order valence-corrected chi connectivity index (χ4v) is 1.87. The average Bonchev–Trinajstić information content (AvgIpc) is 2.04. The van der Waals surface area contributed by atoms with Gasteiger partial charge in [-0.1, -0.05) is 18.5 Å². The third-order valence-corrected chi connectivity index (χ3v) is 2.61. The molecule has 0 saturated carbocycles. The number of nitrogens with zero attached hydrogens (tertiary/aromatic N) is 1. The number of nitro groups is 1. The van der Waals surface area contributed by atoms with Gasteiger partial charge in [-0.2, -0.15) is 0 Å². The molecule has 0 radical (unpaired) electrons. The molecule has 0 saturated heterocycles. The molecule has 0 amide bonds. The zero-order valence-electron chi connectivity index (χ0n) is 6.95. The molecule has 0 aliphatic heterocycles. The highest BCUT2D eigenvalue weighted by Crippen LogP contribution is 2.31. The van der Waals surface area contributed by atoms with Gasteiger partial charge in [0, 0.05) is 11.1 Å². The van der Waals surface area contributed by atoms with Crippen LogP contribution in [0.25, 0.3) is 0 Å². The highest BCUT2D eigenvalue weighted by Gasteiger charge is 2.15. The largest absolute Gasteiger partial charge is 0.282 e. The Labute approximate surface area is 86.3 Å². The Bertz CT molecular complexity index is 354. The zero-order valence-corrected chi connectivity index (χ0v) is 8.60. The molecule has 1 aromatic rings. The lowest BCUT2D eigenvalue weighted by Crippen LogP contribution is -1.94. The number of halogens is 1. The highest BCUT2D eigenvalue weighted by atomic mass is 35.5. The minimum atomic E-state index is -0.460. The molecule has 0 spiro atoms. The second kappa shape index (κ2) is 3.98. The molecule has 0 aliphatic carbocycles. The molecule has 3 nitrogen and oxygen atoms in total. The van der Waals surface area contributed by atoms with Crippen LogP contribution in [0.15, 0.2) is 17.0 Å². The lowest BCUT2D eigenvalue weighted by atomic mass is 10.1. The number of rotatable bonds is 2. The van der Waals surface area contributed by atoms with Gasteiger partial charge in [0.05, 0.1) is 9.82 Å². The van der Waals surface area contributed by atoms with Crippen molar-refractivity contribution in [2.24, 2.45) is 0 Å². The van der Waals surface area contributed by atoms with Crippen molar-refractivity contribution < 1.29 is 4.92 Å². The first-order chi connectivity index (χ1) is 6.07. The Morgan fingerprint density at radius 2 is 2.23 bits per heavy atom. The van der Waals surface area contributed by atoms with E-state index < -0.39 is 4.92 Å². The van der Waals surface area contributed by atoms with Gasteiger partial charge in [-0.15, -0.1) is 12.6 Å². The van der Waals surface area contributed by atoms with Crippen molar-refractivity contribution in [2.75, 3.05) is 0 Å². The first kappa shape index (κ1) is 10.3. The van der Waals surface area contributed by atoms with E-state index in [1.165, 1.54) is 12.1 Å². The summed E-state index contributed by atoms with van der Waals surface area (Å²) >= 11 is 9.91. The predicted octanol–water partition coefficient (Wildman–Crippen LogP) is 3.10. The van der Waals surface area contributed by atoms with Crippen LogP contribution in [0.3, 0.4) is 0 Å². The molecule has 1 aromatic carbocycles. The summed E-state index contributed by atoms with van der Waals surface area (Å²) in [7, 11) is 0. The van der Waals surface area contributed by atoms with Crippen LogP contribution in [0.1, 0.15) is 12.5 Å². The summed E-state index contributed by atoms with van der Waals surface area (Å²) < 4.78 is 0. The van der Waals surface area contributed by atoms with Gasteiger partial charge in [0.15, 0.2) is 0 Å². The van der Waals surface area contributed by atoms with E-state index in [1.54, 1.807) is 0 Å². The van der Waals surface area contributed by atoms with Crippen molar-refractivity contribution in [1.82, 2.24) is 0 Å². The van der Waals surface area contributed by atoms with Crippen molar-refractivity contribution in [2.45, 2.75) is 18.2 Å². The Hall–Kier alpha value is -0.740. The Balaban J connectivity index is 3.35. The minimum Gasteiger partial charge on any atom is -0.258 e. The topological polar surface area (TPSA) is 43.1 Å². The Kier molecular flexibility index (Phi) is 3.17. The van der Waals surface area contributed by atoms with E-state index in [9.17, 15) is 10.1 Å². The molecule has 0 bridgehead atoms. The third-order valence-electron chi connectivity index (χ3n) is 1.75. The molecule has 13 heavy (non-hydrogen) atoms. The lowest BCUT2D eigenvalue weighted by Gasteiger charge is -2.04. The number of hydrogen-bond acceptors (Lipinski definition) is 3. The summed E-state index contributed by atoms with van der Waals surface area (Å²) in [4.78, 5) is 10.4. The molecular formula is C8H8ClNO2S. The van der Waals surface area contributed by atoms with Crippen LogP contribution in [-0.4, -0.2) is 4.92 Å². The van der Waals surface area contributed by atoms with Crippen LogP contribution in [-0.2, 0) is 6.42 Å². The van der Waals surface area contributed by atoms with E-state index in [4.69, 9.17) is 11.6 Å².